The van der Waals surface area contributed by atoms with Gasteiger partial charge in [-0.2, -0.15) is 0 Å². The van der Waals surface area contributed by atoms with E-state index in [-0.39, 0.29) is 36.4 Å². The van der Waals surface area contributed by atoms with Crippen LogP contribution < -0.4 is 16.0 Å². The van der Waals surface area contributed by atoms with Gasteiger partial charge in [-0.05, 0) is 31.4 Å². The van der Waals surface area contributed by atoms with Crippen LogP contribution in [0.4, 0.5) is 0 Å². The van der Waals surface area contributed by atoms with Crippen molar-refractivity contribution in [1.29, 1.82) is 0 Å². The van der Waals surface area contributed by atoms with Gasteiger partial charge in [0.1, 0.15) is 11.6 Å². The zero-order valence-corrected chi connectivity index (χ0v) is 14.1. The van der Waals surface area contributed by atoms with Crippen molar-refractivity contribution in [3.05, 3.63) is 12.3 Å². The van der Waals surface area contributed by atoms with Crippen molar-refractivity contribution in [2.75, 3.05) is 6.61 Å². The molecule has 4 N–H and O–H groups in total. The SMILES string of the molecule is CC(C)[C@@H](CO)NC(=O)C1(NC(=O)C2CC=CN2)CCCCC1. The van der Waals surface area contributed by atoms with Crippen molar-refractivity contribution in [3.8, 4) is 0 Å². The Balaban J connectivity index is 2.07. The topological polar surface area (TPSA) is 90.5 Å². The molecule has 1 fully saturated rings. The Hall–Kier alpha value is -1.56. The Morgan fingerprint density at radius 2 is 2.00 bits per heavy atom. The van der Waals surface area contributed by atoms with Crippen LogP contribution in [0.5, 0.6) is 0 Å². The summed E-state index contributed by atoms with van der Waals surface area (Å²) < 4.78 is 0. The van der Waals surface area contributed by atoms with Crippen molar-refractivity contribution in [2.45, 2.75) is 70.0 Å². The van der Waals surface area contributed by atoms with Gasteiger partial charge in [0.15, 0.2) is 0 Å². The van der Waals surface area contributed by atoms with Gasteiger partial charge in [0.2, 0.25) is 11.8 Å². The van der Waals surface area contributed by atoms with Crippen molar-refractivity contribution in [3.63, 3.8) is 0 Å². The van der Waals surface area contributed by atoms with Gasteiger partial charge in [0.05, 0.1) is 12.6 Å². The Kier molecular flexibility index (Phi) is 6.04. The van der Waals surface area contributed by atoms with E-state index in [1.165, 1.54) is 0 Å². The van der Waals surface area contributed by atoms with Gasteiger partial charge in [-0.3, -0.25) is 9.59 Å². The van der Waals surface area contributed by atoms with Crippen LogP contribution in [-0.2, 0) is 9.59 Å². The molecule has 2 aliphatic rings. The van der Waals surface area contributed by atoms with E-state index in [2.05, 4.69) is 16.0 Å². The van der Waals surface area contributed by atoms with Crippen LogP contribution >= 0.6 is 0 Å². The third-order valence-corrected chi connectivity index (χ3v) is 4.93. The smallest absolute Gasteiger partial charge is 0.246 e. The summed E-state index contributed by atoms with van der Waals surface area (Å²) in [5.41, 5.74) is -0.845. The van der Waals surface area contributed by atoms with Crippen LogP contribution in [-0.4, -0.2) is 41.2 Å². The second-order valence-corrected chi connectivity index (χ2v) is 7.00. The predicted molar refractivity (Wildman–Crippen MR) is 88.5 cm³/mol. The quantitative estimate of drug-likeness (QED) is 0.582. The van der Waals surface area contributed by atoms with Gasteiger partial charge in [-0.15, -0.1) is 0 Å². The summed E-state index contributed by atoms with van der Waals surface area (Å²) in [7, 11) is 0. The van der Waals surface area contributed by atoms with E-state index in [0.717, 1.165) is 19.3 Å². The number of nitrogens with one attached hydrogen (secondary N) is 3. The Morgan fingerprint density at radius 1 is 1.30 bits per heavy atom. The maximum absolute atomic E-state index is 12.9. The molecule has 0 saturated heterocycles. The number of amides is 2. The summed E-state index contributed by atoms with van der Waals surface area (Å²) in [4.78, 5) is 25.3. The summed E-state index contributed by atoms with van der Waals surface area (Å²) in [6.45, 7) is 3.82. The minimum atomic E-state index is -0.845. The second-order valence-electron chi connectivity index (χ2n) is 7.00. The van der Waals surface area contributed by atoms with E-state index < -0.39 is 5.54 Å². The Labute approximate surface area is 138 Å². The number of carbonyl (C=O) groups is 2. The molecule has 0 aromatic heterocycles. The van der Waals surface area contributed by atoms with Crippen molar-refractivity contribution < 1.29 is 14.7 Å². The average Bonchev–Trinajstić information content (AvgIpc) is 3.07. The standard InChI is InChI=1S/C17H29N3O3/c1-12(2)14(11-21)19-16(23)17(8-4-3-5-9-17)20-15(22)13-7-6-10-18-13/h6,10,12-14,18,21H,3-5,7-9,11H2,1-2H3,(H,19,23)(H,20,22)/t13?,14-/m1/s1. The summed E-state index contributed by atoms with van der Waals surface area (Å²) >= 11 is 0. The van der Waals surface area contributed by atoms with E-state index >= 15 is 0 Å². The maximum atomic E-state index is 12.9. The fourth-order valence-electron chi connectivity index (χ4n) is 3.26. The lowest BCUT2D eigenvalue weighted by atomic mass is 9.80. The lowest BCUT2D eigenvalue weighted by molar-refractivity contribution is -0.136. The molecule has 0 radical (unpaired) electrons. The van der Waals surface area contributed by atoms with Crippen molar-refractivity contribution >= 4 is 11.8 Å². The van der Waals surface area contributed by atoms with E-state index in [9.17, 15) is 14.7 Å². The fraction of sp³-hybridized carbons (Fsp3) is 0.765. The lowest BCUT2D eigenvalue weighted by Gasteiger charge is -2.38. The molecule has 0 aromatic rings. The molecular formula is C17H29N3O3. The number of hydrogen-bond acceptors (Lipinski definition) is 4. The number of rotatable bonds is 6. The first-order valence-electron chi connectivity index (χ1n) is 8.63. The van der Waals surface area contributed by atoms with Crippen LogP contribution in [0.1, 0.15) is 52.4 Å². The molecule has 1 aliphatic carbocycles. The Bertz CT molecular complexity index is 448. The highest BCUT2D eigenvalue weighted by Gasteiger charge is 2.42. The number of aliphatic hydroxyl groups is 1. The lowest BCUT2D eigenvalue weighted by Crippen LogP contribution is -2.63. The van der Waals surface area contributed by atoms with Gasteiger partial charge in [0, 0.05) is 0 Å². The maximum Gasteiger partial charge on any atom is 0.246 e. The summed E-state index contributed by atoms with van der Waals surface area (Å²) in [5, 5.41) is 18.4. The van der Waals surface area contributed by atoms with Gasteiger partial charge in [-0.25, -0.2) is 0 Å². The average molecular weight is 323 g/mol. The zero-order valence-electron chi connectivity index (χ0n) is 14.1. The van der Waals surface area contributed by atoms with Crippen LogP contribution in [0.15, 0.2) is 12.3 Å². The number of hydrogen-bond donors (Lipinski definition) is 4. The van der Waals surface area contributed by atoms with Crippen LogP contribution in [0.25, 0.3) is 0 Å². The number of aliphatic hydroxyl groups excluding tert-OH is 1. The van der Waals surface area contributed by atoms with Gasteiger partial charge >= 0.3 is 0 Å². The monoisotopic (exact) mass is 323 g/mol. The van der Waals surface area contributed by atoms with Gasteiger partial charge < -0.3 is 21.1 Å². The summed E-state index contributed by atoms with van der Waals surface area (Å²) in [6.07, 6.45) is 8.58. The minimum absolute atomic E-state index is 0.0957. The van der Waals surface area contributed by atoms with E-state index in [4.69, 9.17) is 0 Å². The molecule has 2 amide bonds. The molecule has 1 unspecified atom stereocenters. The minimum Gasteiger partial charge on any atom is -0.394 e. The first-order chi connectivity index (χ1) is 11.0. The molecule has 2 atom stereocenters. The van der Waals surface area contributed by atoms with Crippen molar-refractivity contribution in [2.24, 2.45) is 5.92 Å². The highest BCUT2D eigenvalue weighted by Crippen LogP contribution is 2.29. The normalized spacial score (nSPS) is 24.1. The predicted octanol–water partition coefficient (Wildman–Crippen LogP) is 0.814. The molecule has 0 spiro atoms. The molecule has 0 bridgehead atoms. The van der Waals surface area contributed by atoms with Crippen LogP contribution in [0.3, 0.4) is 0 Å². The molecule has 0 aromatic carbocycles. The highest BCUT2D eigenvalue weighted by atomic mass is 16.3. The first-order valence-corrected chi connectivity index (χ1v) is 8.63. The number of carbonyl (C=O) groups excluding carboxylic acids is 2. The second kappa shape index (κ2) is 7.81. The molecule has 1 aliphatic heterocycles. The van der Waals surface area contributed by atoms with E-state index in [1.807, 2.05) is 19.9 Å². The zero-order chi connectivity index (χ0) is 16.9. The fourth-order valence-corrected chi connectivity index (χ4v) is 3.26. The van der Waals surface area contributed by atoms with Crippen LogP contribution in [0.2, 0.25) is 0 Å². The molecule has 23 heavy (non-hydrogen) atoms. The first kappa shape index (κ1) is 17.8. The molecule has 130 valence electrons. The largest absolute Gasteiger partial charge is 0.394 e. The van der Waals surface area contributed by atoms with E-state index in [1.54, 1.807) is 6.20 Å². The van der Waals surface area contributed by atoms with Gasteiger partial charge in [-0.1, -0.05) is 39.2 Å². The highest BCUT2D eigenvalue weighted by molar-refractivity contribution is 5.93. The molecular weight excluding hydrogens is 294 g/mol. The molecule has 1 heterocycles. The molecule has 6 nitrogen and oxygen atoms in total. The molecule has 2 rings (SSSR count). The summed E-state index contributed by atoms with van der Waals surface area (Å²) in [5.74, 6) is -0.151. The summed E-state index contributed by atoms with van der Waals surface area (Å²) in [6, 6.07) is -0.579. The third kappa shape index (κ3) is 4.25. The van der Waals surface area contributed by atoms with Gasteiger partial charge in [0.25, 0.3) is 0 Å². The Morgan fingerprint density at radius 3 is 2.52 bits per heavy atom. The van der Waals surface area contributed by atoms with Crippen molar-refractivity contribution in [1.82, 2.24) is 16.0 Å². The molecule has 1 saturated carbocycles. The third-order valence-electron chi connectivity index (χ3n) is 4.93. The van der Waals surface area contributed by atoms with Crippen LogP contribution in [0, 0.1) is 5.92 Å². The molecule has 6 heteroatoms. The van der Waals surface area contributed by atoms with E-state index in [0.29, 0.717) is 19.3 Å².